The summed E-state index contributed by atoms with van der Waals surface area (Å²) in [5, 5.41) is 2.85. The lowest BCUT2D eigenvalue weighted by Gasteiger charge is -2.09. The zero-order chi connectivity index (χ0) is 14.0. The Kier molecular flexibility index (Phi) is 3.87. The minimum Gasteiger partial charge on any atom is -0.326 e. The molecular formula is C12H14N4O2S. The number of H-pyrrole nitrogens is 1. The molecule has 2 rings (SSSR count). The highest BCUT2D eigenvalue weighted by Crippen LogP contribution is 2.27. The molecule has 0 atom stereocenters. The minimum absolute atomic E-state index is 0.438. The van der Waals surface area contributed by atoms with E-state index in [1.165, 1.54) is 16.4 Å². The largest absolute Gasteiger partial charge is 0.339 e. The van der Waals surface area contributed by atoms with Gasteiger partial charge in [0.15, 0.2) is 5.16 Å². The molecule has 0 fully saturated rings. The van der Waals surface area contributed by atoms with Crippen LogP contribution in [-0.2, 0) is 13.6 Å². The first-order valence-electron chi connectivity index (χ1n) is 5.66. The maximum absolute atomic E-state index is 11.3. The van der Waals surface area contributed by atoms with E-state index in [-0.39, 0.29) is 0 Å². The third-order valence-electron chi connectivity index (χ3n) is 2.62. The van der Waals surface area contributed by atoms with Gasteiger partial charge in [0.1, 0.15) is 0 Å². The first-order chi connectivity index (χ1) is 9.01. The fourth-order valence-corrected chi connectivity index (χ4v) is 2.47. The second kappa shape index (κ2) is 5.41. The summed E-state index contributed by atoms with van der Waals surface area (Å²) in [5.41, 5.74) is 6.17. The highest BCUT2D eigenvalue weighted by Gasteiger charge is 2.08. The van der Waals surface area contributed by atoms with Crippen LogP contribution in [0.5, 0.6) is 0 Å². The first kappa shape index (κ1) is 13.6. The summed E-state index contributed by atoms with van der Waals surface area (Å²) in [7, 11) is 1.64. The number of hydrogen-bond donors (Lipinski definition) is 2. The van der Waals surface area contributed by atoms with E-state index >= 15 is 0 Å². The van der Waals surface area contributed by atoms with Crippen LogP contribution in [0.15, 0.2) is 37.8 Å². The number of hydrogen-bond acceptors (Lipinski definition) is 5. The van der Waals surface area contributed by atoms with Crippen LogP contribution in [0.1, 0.15) is 11.1 Å². The van der Waals surface area contributed by atoms with Crippen LogP contribution in [-0.4, -0.2) is 14.8 Å². The van der Waals surface area contributed by atoms with E-state index in [4.69, 9.17) is 5.73 Å². The van der Waals surface area contributed by atoms with Gasteiger partial charge in [0.25, 0.3) is 0 Å². The van der Waals surface area contributed by atoms with Crippen LogP contribution in [0.4, 0.5) is 0 Å². The molecule has 19 heavy (non-hydrogen) atoms. The molecule has 0 aliphatic carbocycles. The van der Waals surface area contributed by atoms with Crippen molar-refractivity contribution < 1.29 is 0 Å². The number of benzene rings is 1. The molecule has 0 saturated carbocycles. The molecule has 0 radical (unpaired) electrons. The van der Waals surface area contributed by atoms with E-state index in [0.717, 1.165) is 16.0 Å². The van der Waals surface area contributed by atoms with E-state index in [1.807, 2.05) is 25.1 Å². The second-order valence-corrected chi connectivity index (χ2v) is 5.11. The van der Waals surface area contributed by atoms with Crippen molar-refractivity contribution in [3.8, 4) is 0 Å². The molecule has 0 aliphatic heterocycles. The Labute approximate surface area is 113 Å². The Hall–Kier alpha value is -1.86. The summed E-state index contributed by atoms with van der Waals surface area (Å²) in [4.78, 5) is 27.1. The molecule has 1 aromatic carbocycles. The molecular weight excluding hydrogens is 264 g/mol. The summed E-state index contributed by atoms with van der Waals surface area (Å²) in [6, 6.07) is 5.85. The van der Waals surface area contributed by atoms with E-state index in [9.17, 15) is 9.59 Å². The lowest BCUT2D eigenvalue weighted by molar-refractivity contribution is 0.596. The van der Waals surface area contributed by atoms with E-state index in [2.05, 4.69) is 10.1 Å². The fraction of sp³-hybridized carbons (Fsp3) is 0.250. The van der Waals surface area contributed by atoms with Crippen molar-refractivity contribution in [1.82, 2.24) is 14.8 Å². The van der Waals surface area contributed by atoms with Crippen molar-refractivity contribution in [1.29, 1.82) is 0 Å². The van der Waals surface area contributed by atoms with Gasteiger partial charge in [-0.25, -0.2) is 0 Å². The standard InChI is InChI=1S/C12H14N4O2S/c1-7-5-8(6-13)3-4-9(7)19-12-14-10(17)11(18)15-16(12)2/h3-5H,6,13H2,1-2H3,(H,15,18). The number of nitrogens with two attached hydrogens (primary N) is 1. The number of aryl methyl sites for hydroxylation is 2. The molecule has 3 N–H and O–H groups in total. The Balaban J connectivity index is 2.39. The zero-order valence-electron chi connectivity index (χ0n) is 10.6. The molecule has 7 heteroatoms. The average molecular weight is 278 g/mol. The molecule has 1 aromatic heterocycles. The molecule has 6 nitrogen and oxygen atoms in total. The van der Waals surface area contributed by atoms with Gasteiger partial charge in [-0.05, 0) is 35.9 Å². The first-order valence-corrected chi connectivity index (χ1v) is 6.47. The van der Waals surface area contributed by atoms with Gasteiger partial charge in [-0.1, -0.05) is 12.1 Å². The van der Waals surface area contributed by atoms with Gasteiger partial charge in [0, 0.05) is 18.5 Å². The summed E-state index contributed by atoms with van der Waals surface area (Å²) in [5.74, 6) is 0. The van der Waals surface area contributed by atoms with E-state index in [1.54, 1.807) is 7.05 Å². The van der Waals surface area contributed by atoms with Gasteiger partial charge in [-0.15, -0.1) is 0 Å². The molecule has 1 heterocycles. The lowest BCUT2D eigenvalue weighted by Crippen LogP contribution is -2.33. The second-order valence-electron chi connectivity index (χ2n) is 4.11. The molecule has 0 aliphatic rings. The number of nitrogens with one attached hydrogen (secondary N) is 1. The van der Waals surface area contributed by atoms with Crippen molar-refractivity contribution >= 4 is 11.8 Å². The summed E-state index contributed by atoms with van der Waals surface area (Å²) >= 11 is 1.32. The van der Waals surface area contributed by atoms with Crippen molar-refractivity contribution in [2.45, 2.75) is 23.5 Å². The predicted octanol–water partition coefficient (Wildman–Crippen LogP) is 0.387. The fourth-order valence-electron chi connectivity index (χ4n) is 1.60. The van der Waals surface area contributed by atoms with Gasteiger partial charge in [0.2, 0.25) is 0 Å². The van der Waals surface area contributed by atoms with Crippen molar-refractivity contribution in [2.75, 3.05) is 0 Å². The van der Waals surface area contributed by atoms with Gasteiger partial charge in [0.05, 0.1) is 0 Å². The van der Waals surface area contributed by atoms with Gasteiger partial charge in [-0.3, -0.25) is 19.4 Å². The topological polar surface area (TPSA) is 93.8 Å². The normalized spacial score (nSPS) is 10.7. The molecule has 100 valence electrons. The highest BCUT2D eigenvalue weighted by molar-refractivity contribution is 7.99. The number of aromatic amines is 1. The van der Waals surface area contributed by atoms with Gasteiger partial charge >= 0.3 is 11.1 Å². The SMILES string of the molecule is Cc1cc(CN)ccc1Sc1nc(=O)c(=O)[nH]n1C. The predicted molar refractivity (Wildman–Crippen MR) is 73.3 cm³/mol. The maximum atomic E-state index is 11.3. The Morgan fingerprint density at radius 2 is 2.16 bits per heavy atom. The zero-order valence-corrected chi connectivity index (χ0v) is 11.5. The Morgan fingerprint density at radius 1 is 1.42 bits per heavy atom. The van der Waals surface area contributed by atoms with Crippen molar-refractivity contribution in [2.24, 2.45) is 12.8 Å². The summed E-state index contributed by atoms with van der Waals surface area (Å²) in [6.45, 7) is 2.45. The van der Waals surface area contributed by atoms with Crippen LogP contribution >= 0.6 is 11.8 Å². The third-order valence-corrected chi connectivity index (χ3v) is 3.85. The van der Waals surface area contributed by atoms with Crippen LogP contribution in [0.3, 0.4) is 0 Å². The molecule has 2 aromatic rings. The molecule has 0 amide bonds. The molecule has 0 saturated heterocycles. The van der Waals surface area contributed by atoms with Crippen LogP contribution < -0.4 is 16.9 Å². The quantitative estimate of drug-likeness (QED) is 0.792. The summed E-state index contributed by atoms with van der Waals surface area (Å²) in [6.07, 6.45) is 0. The van der Waals surface area contributed by atoms with Crippen LogP contribution in [0, 0.1) is 6.92 Å². The third kappa shape index (κ3) is 2.94. The number of nitrogens with zero attached hydrogens (tertiary/aromatic N) is 2. The number of rotatable bonds is 3. The van der Waals surface area contributed by atoms with Gasteiger partial charge in [-0.2, -0.15) is 4.98 Å². The molecule has 0 unspecified atom stereocenters. The highest BCUT2D eigenvalue weighted by atomic mass is 32.2. The van der Waals surface area contributed by atoms with Crippen LogP contribution in [0.2, 0.25) is 0 Å². The van der Waals surface area contributed by atoms with E-state index in [0.29, 0.717) is 11.7 Å². The van der Waals surface area contributed by atoms with Crippen molar-refractivity contribution in [3.05, 3.63) is 50.0 Å². The lowest BCUT2D eigenvalue weighted by atomic mass is 10.1. The minimum atomic E-state index is -0.781. The number of aromatic nitrogens is 3. The Bertz CT molecular complexity index is 720. The van der Waals surface area contributed by atoms with Crippen LogP contribution in [0.25, 0.3) is 0 Å². The maximum Gasteiger partial charge on any atom is 0.339 e. The average Bonchev–Trinajstić information content (AvgIpc) is 2.38. The van der Waals surface area contributed by atoms with Gasteiger partial charge < -0.3 is 5.73 Å². The van der Waals surface area contributed by atoms with Crippen molar-refractivity contribution in [3.63, 3.8) is 0 Å². The smallest absolute Gasteiger partial charge is 0.326 e. The monoisotopic (exact) mass is 278 g/mol. The Morgan fingerprint density at radius 3 is 2.79 bits per heavy atom. The summed E-state index contributed by atoms with van der Waals surface area (Å²) < 4.78 is 1.44. The molecule has 0 bridgehead atoms. The molecule has 0 spiro atoms. The van der Waals surface area contributed by atoms with E-state index < -0.39 is 11.1 Å².